The average molecular weight is 381 g/mol. The van der Waals surface area contributed by atoms with Crippen molar-refractivity contribution >= 4 is 15.7 Å². The van der Waals surface area contributed by atoms with Crippen molar-refractivity contribution in [1.29, 1.82) is 0 Å². The first-order valence-electron chi connectivity index (χ1n) is 8.26. The monoisotopic (exact) mass is 381 g/mol. The smallest absolute Gasteiger partial charge is 0.261 e. The molecule has 1 aromatic carbocycles. The molecule has 2 heterocycles. The van der Waals surface area contributed by atoms with E-state index in [1.807, 2.05) is 0 Å². The number of furan rings is 1. The third kappa shape index (κ3) is 4.63. The molecule has 0 N–H and O–H groups in total. The van der Waals surface area contributed by atoms with Gasteiger partial charge in [0.1, 0.15) is 23.1 Å². The molecule has 140 valence electrons. The van der Waals surface area contributed by atoms with Gasteiger partial charge in [-0.25, -0.2) is 12.8 Å². The van der Waals surface area contributed by atoms with Crippen LogP contribution in [0.5, 0.6) is 5.75 Å². The summed E-state index contributed by atoms with van der Waals surface area (Å²) in [6.45, 7) is 1.72. The molecule has 1 aromatic heterocycles. The number of benzene rings is 1. The number of ether oxygens (including phenoxy) is 1. The Morgan fingerprint density at radius 2 is 2.00 bits per heavy atom. The lowest BCUT2D eigenvalue weighted by Gasteiger charge is -2.27. The van der Waals surface area contributed by atoms with Gasteiger partial charge in [-0.05, 0) is 49.7 Å². The van der Waals surface area contributed by atoms with Gasteiger partial charge in [0.05, 0.1) is 18.1 Å². The highest BCUT2D eigenvalue weighted by molar-refractivity contribution is 7.91. The summed E-state index contributed by atoms with van der Waals surface area (Å²) in [5, 5.41) is 0. The molecule has 0 spiro atoms. The van der Waals surface area contributed by atoms with Gasteiger partial charge in [-0.3, -0.25) is 4.79 Å². The van der Waals surface area contributed by atoms with Gasteiger partial charge < -0.3 is 14.1 Å². The van der Waals surface area contributed by atoms with Crippen molar-refractivity contribution in [1.82, 2.24) is 4.90 Å². The van der Waals surface area contributed by atoms with Gasteiger partial charge in [0.15, 0.2) is 16.4 Å². The Hall–Kier alpha value is -2.35. The fourth-order valence-corrected chi connectivity index (χ4v) is 4.67. The lowest BCUT2D eigenvalue weighted by molar-refractivity contribution is -0.136. The maximum Gasteiger partial charge on any atom is 0.261 e. The van der Waals surface area contributed by atoms with Crippen LogP contribution in [0.1, 0.15) is 17.9 Å². The Morgan fingerprint density at radius 3 is 2.58 bits per heavy atom. The largest absolute Gasteiger partial charge is 0.484 e. The molecule has 1 atom stereocenters. The number of aryl methyl sites for hydroxylation is 1. The summed E-state index contributed by atoms with van der Waals surface area (Å²) in [7, 11) is -3.14. The molecule has 8 heteroatoms. The molecule has 0 unspecified atom stereocenters. The van der Waals surface area contributed by atoms with Crippen LogP contribution in [0.3, 0.4) is 0 Å². The summed E-state index contributed by atoms with van der Waals surface area (Å²) >= 11 is 0. The van der Waals surface area contributed by atoms with Crippen LogP contribution in [0.2, 0.25) is 0 Å². The van der Waals surface area contributed by atoms with Crippen LogP contribution in [0, 0.1) is 12.7 Å². The second kappa shape index (κ2) is 7.49. The highest BCUT2D eigenvalue weighted by Gasteiger charge is 2.35. The van der Waals surface area contributed by atoms with E-state index < -0.39 is 21.7 Å². The van der Waals surface area contributed by atoms with Gasteiger partial charge in [-0.2, -0.15) is 0 Å². The highest BCUT2D eigenvalue weighted by atomic mass is 32.2. The van der Waals surface area contributed by atoms with Gasteiger partial charge in [-0.15, -0.1) is 0 Å². The van der Waals surface area contributed by atoms with Gasteiger partial charge >= 0.3 is 0 Å². The van der Waals surface area contributed by atoms with Gasteiger partial charge in [0.25, 0.3) is 5.91 Å². The maximum atomic E-state index is 12.9. The summed E-state index contributed by atoms with van der Waals surface area (Å²) in [5.41, 5.74) is 0. The fourth-order valence-electron chi connectivity index (χ4n) is 2.94. The van der Waals surface area contributed by atoms with Gasteiger partial charge in [0, 0.05) is 6.04 Å². The Balaban J connectivity index is 1.71. The molecule has 3 rings (SSSR count). The number of hydrogen-bond donors (Lipinski definition) is 0. The van der Waals surface area contributed by atoms with E-state index in [0.29, 0.717) is 23.7 Å². The molecular formula is C18H20FNO5S. The number of carbonyl (C=O) groups excluding carboxylic acids is 1. The van der Waals surface area contributed by atoms with Crippen molar-refractivity contribution in [2.45, 2.75) is 25.9 Å². The minimum atomic E-state index is -3.14. The zero-order chi connectivity index (χ0) is 18.7. The Kier molecular flexibility index (Phi) is 5.31. The molecule has 1 aliphatic heterocycles. The minimum absolute atomic E-state index is 0.0605. The lowest BCUT2D eigenvalue weighted by atomic mass is 10.2. The molecule has 1 saturated heterocycles. The van der Waals surface area contributed by atoms with E-state index in [1.54, 1.807) is 19.1 Å². The molecule has 1 aliphatic rings. The first-order chi connectivity index (χ1) is 12.3. The summed E-state index contributed by atoms with van der Waals surface area (Å²) in [6, 6.07) is 8.50. The normalized spacial score (nSPS) is 18.6. The summed E-state index contributed by atoms with van der Waals surface area (Å²) in [4.78, 5) is 14.2. The molecule has 6 nitrogen and oxygen atoms in total. The highest BCUT2D eigenvalue weighted by Crippen LogP contribution is 2.21. The van der Waals surface area contributed by atoms with Crippen molar-refractivity contribution in [2.75, 3.05) is 18.1 Å². The molecule has 2 aromatic rings. The number of nitrogens with zero attached hydrogens (tertiary/aromatic N) is 1. The van der Waals surface area contributed by atoms with E-state index in [4.69, 9.17) is 9.15 Å². The van der Waals surface area contributed by atoms with Crippen LogP contribution in [0.4, 0.5) is 4.39 Å². The summed E-state index contributed by atoms with van der Waals surface area (Å²) in [6.07, 6.45) is 0.393. The van der Waals surface area contributed by atoms with Crippen LogP contribution < -0.4 is 4.74 Å². The molecule has 26 heavy (non-hydrogen) atoms. The SMILES string of the molecule is Cc1ccc(CN(C(=O)COc2ccc(F)cc2)[C@@H]2CCS(=O)(=O)C2)o1. The third-order valence-corrected chi connectivity index (χ3v) is 6.02. The van der Waals surface area contributed by atoms with Crippen LogP contribution >= 0.6 is 0 Å². The minimum Gasteiger partial charge on any atom is -0.484 e. The predicted molar refractivity (Wildman–Crippen MR) is 92.9 cm³/mol. The first kappa shape index (κ1) is 18.4. The molecule has 0 radical (unpaired) electrons. The average Bonchev–Trinajstić information content (AvgIpc) is 3.16. The van der Waals surface area contributed by atoms with E-state index in [9.17, 15) is 17.6 Å². The second-order valence-electron chi connectivity index (χ2n) is 6.33. The Morgan fingerprint density at radius 1 is 1.27 bits per heavy atom. The lowest BCUT2D eigenvalue weighted by Crippen LogP contribution is -2.43. The van der Waals surface area contributed by atoms with Crippen LogP contribution in [-0.2, 0) is 21.2 Å². The quantitative estimate of drug-likeness (QED) is 0.768. The molecule has 1 amide bonds. The number of amides is 1. The van der Waals surface area contributed by atoms with E-state index in [0.717, 1.165) is 0 Å². The number of rotatable bonds is 6. The fraction of sp³-hybridized carbons (Fsp3) is 0.389. The van der Waals surface area contributed by atoms with Crippen LogP contribution in [0.15, 0.2) is 40.8 Å². The maximum absolute atomic E-state index is 12.9. The Bertz CT molecular complexity index is 875. The van der Waals surface area contributed by atoms with Gasteiger partial charge in [0.2, 0.25) is 0 Å². The van der Waals surface area contributed by atoms with Crippen LogP contribution in [-0.4, -0.2) is 43.4 Å². The van der Waals surface area contributed by atoms with Crippen LogP contribution in [0.25, 0.3) is 0 Å². The number of sulfone groups is 1. The number of halogens is 1. The van der Waals surface area contributed by atoms with E-state index in [1.165, 1.54) is 29.2 Å². The van der Waals surface area contributed by atoms with Gasteiger partial charge in [-0.1, -0.05) is 0 Å². The van der Waals surface area contributed by atoms with Crippen molar-refractivity contribution in [3.8, 4) is 5.75 Å². The van der Waals surface area contributed by atoms with Crippen molar-refractivity contribution in [3.63, 3.8) is 0 Å². The molecule has 1 fully saturated rings. The Labute approximate surface area is 151 Å². The topological polar surface area (TPSA) is 76.8 Å². The second-order valence-corrected chi connectivity index (χ2v) is 8.56. The van der Waals surface area contributed by atoms with E-state index in [2.05, 4.69) is 0 Å². The zero-order valence-electron chi connectivity index (χ0n) is 14.4. The molecular weight excluding hydrogens is 361 g/mol. The molecule has 0 aliphatic carbocycles. The number of hydrogen-bond acceptors (Lipinski definition) is 5. The van der Waals surface area contributed by atoms with E-state index in [-0.39, 0.29) is 30.6 Å². The number of carbonyl (C=O) groups is 1. The third-order valence-electron chi connectivity index (χ3n) is 4.27. The molecule has 0 bridgehead atoms. The standard InChI is InChI=1S/C18H20FNO5S/c1-13-2-5-17(25-13)10-20(15-8-9-26(22,23)12-15)18(21)11-24-16-6-3-14(19)4-7-16/h2-7,15H,8-12H2,1H3/t15-/m1/s1. The van der Waals surface area contributed by atoms with Crippen molar-refractivity contribution in [2.24, 2.45) is 0 Å². The molecule has 0 saturated carbocycles. The van der Waals surface area contributed by atoms with Crippen molar-refractivity contribution in [3.05, 3.63) is 53.7 Å². The zero-order valence-corrected chi connectivity index (χ0v) is 15.2. The van der Waals surface area contributed by atoms with Crippen molar-refractivity contribution < 1.29 is 26.8 Å². The predicted octanol–water partition coefficient (Wildman–Crippen LogP) is 2.32. The summed E-state index contributed by atoms with van der Waals surface area (Å²) < 4.78 is 47.5. The van der Waals surface area contributed by atoms with E-state index >= 15 is 0 Å². The summed E-state index contributed by atoms with van der Waals surface area (Å²) in [5.74, 6) is 0.940. The first-order valence-corrected chi connectivity index (χ1v) is 10.1.